The van der Waals surface area contributed by atoms with Gasteiger partial charge in [0.05, 0.1) is 39.6 Å². The SMILES string of the molecule is COc1ccccc1C(O[C@H]1C[C@H](n2cnc3c(=O)[nH]cnc32)O[C@@H]1CO)(c1ccccc1)c1ccccc1OC. The van der Waals surface area contributed by atoms with Crippen molar-refractivity contribution in [1.82, 2.24) is 19.5 Å². The Bertz CT molecular complexity index is 1650. The van der Waals surface area contributed by atoms with Gasteiger partial charge in [-0.2, -0.15) is 0 Å². The first-order chi connectivity index (χ1) is 20.1. The Balaban J connectivity index is 1.53. The van der Waals surface area contributed by atoms with Crippen LogP contribution in [-0.2, 0) is 15.1 Å². The fraction of sp³-hybridized carbons (Fsp3) is 0.258. The Morgan fingerprint density at radius 2 is 1.59 bits per heavy atom. The van der Waals surface area contributed by atoms with E-state index >= 15 is 0 Å². The van der Waals surface area contributed by atoms with Gasteiger partial charge in [-0.3, -0.25) is 9.36 Å². The number of rotatable bonds is 9. The van der Waals surface area contributed by atoms with E-state index < -0.39 is 24.0 Å². The van der Waals surface area contributed by atoms with Gasteiger partial charge in [0.25, 0.3) is 5.56 Å². The molecule has 3 aromatic carbocycles. The molecule has 1 saturated heterocycles. The van der Waals surface area contributed by atoms with Crippen LogP contribution in [0.25, 0.3) is 11.2 Å². The fourth-order valence-electron chi connectivity index (χ4n) is 5.65. The highest BCUT2D eigenvalue weighted by atomic mass is 16.6. The van der Waals surface area contributed by atoms with Gasteiger partial charge < -0.3 is 29.0 Å². The summed E-state index contributed by atoms with van der Waals surface area (Å²) in [7, 11) is 3.25. The van der Waals surface area contributed by atoms with Gasteiger partial charge in [-0.15, -0.1) is 0 Å². The van der Waals surface area contributed by atoms with Gasteiger partial charge in [0.15, 0.2) is 16.8 Å². The average molecular weight is 555 g/mol. The normalized spacial score (nSPS) is 19.0. The van der Waals surface area contributed by atoms with Crippen LogP contribution in [0.5, 0.6) is 11.5 Å². The summed E-state index contributed by atoms with van der Waals surface area (Å²) < 4.78 is 27.0. The minimum Gasteiger partial charge on any atom is -0.496 e. The van der Waals surface area contributed by atoms with Crippen molar-refractivity contribution in [2.75, 3.05) is 20.8 Å². The molecule has 5 aromatic rings. The second-order valence-corrected chi connectivity index (χ2v) is 9.71. The van der Waals surface area contributed by atoms with E-state index in [9.17, 15) is 9.90 Å². The number of H-pyrrole nitrogens is 1. The van der Waals surface area contributed by atoms with Gasteiger partial charge in [-0.1, -0.05) is 66.7 Å². The lowest BCUT2D eigenvalue weighted by atomic mass is 9.78. The van der Waals surface area contributed by atoms with E-state index in [1.54, 1.807) is 18.8 Å². The van der Waals surface area contributed by atoms with Gasteiger partial charge >= 0.3 is 0 Å². The third-order valence-electron chi connectivity index (χ3n) is 7.52. The molecule has 6 rings (SSSR count). The van der Waals surface area contributed by atoms with Crippen LogP contribution in [0.2, 0.25) is 0 Å². The standard InChI is InChI=1S/C31H30N4O6/c1-38-23-14-8-6-12-21(23)31(20-10-4-3-5-11-20,22-13-7-9-15-24(22)39-2)41-25-16-27(40-26(25)17-36)35-19-34-28-29(35)32-18-33-30(28)37/h3-15,18-19,25-27,36H,16-17H2,1-2H3,(H,32,33,37)/t25-,26+,27+/m0/s1. The van der Waals surface area contributed by atoms with Crippen molar-refractivity contribution in [3.8, 4) is 11.5 Å². The monoisotopic (exact) mass is 554 g/mol. The van der Waals surface area contributed by atoms with Crippen molar-refractivity contribution >= 4 is 11.2 Å². The molecule has 1 aliphatic rings. The number of hydrogen-bond acceptors (Lipinski definition) is 8. The van der Waals surface area contributed by atoms with Crippen LogP contribution in [0.4, 0.5) is 0 Å². The Morgan fingerprint density at radius 1 is 0.951 bits per heavy atom. The summed E-state index contributed by atoms with van der Waals surface area (Å²) in [5, 5.41) is 10.5. The van der Waals surface area contributed by atoms with Gasteiger partial charge in [0.1, 0.15) is 23.8 Å². The molecule has 1 aliphatic heterocycles. The predicted octanol–water partition coefficient (Wildman–Crippen LogP) is 3.79. The first-order valence-electron chi connectivity index (χ1n) is 13.3. The summed E-state index contributed by atoms with van der Waals surface area (Å²) in [6.07, 6.45) is 1.34. The number of imidazole rings is 1. The van der Waals surface area contributed by atoms with E-state index in [2.05, 4.69) is 15.0 Å². The number of ether oxygens (including phenoxy) is 4. The first-order valence-corrected chi connectivity index (χ1v) is 13.3. The number of benzene rings is 3. The van der Waals surface area contributed by atoms with Crippen molar-refractivity contribution in [3.05, 3.63) is 119 Å². The molecular formula is C31H30N4O6. The number of fused-ring (bicyclic) bond motifs is 1. The maximum Gasteiger partial charge on any atom is 0.278 e. The van der Waals surface area contributed by atoms with Crippen molar-refractivity contribution < 1.29 is 24.1 Å². The molecule has 210 valence electrons. The van der Waals surface area contributed by atoms with Crippen LogP contribution in [-0.4, -0.2) is 57.7 Å². The number of aromatic nitrogens is 4. The highest BCUT2D eigenvalue weighted by Crippen LogP contribution is 2.50. The molecular weight excluding hydrogens is 524 g/mol. The molecule has 3 atom stereocenters. The third-order valence-corrected chi connectivity index (χ3v) is 7.52. The summed E-state index contributed by atoms with van der Waals surface area (Å²) in [4.78, 5) is 23.4. The van der Waals surface area contributed by atoms with Crippen LogP contribution in [0.1, 0.15) is 29.3 Å². The Hall–Kier alpha value is -4.51. The quantitative estimate of drug-likeness (QED) is 0.264. The number of aromatic amines is 1. The van der Waals surface area contributed by atoms with E-state index in [1.807, 2.05) is 78.9 Å². The van der Waals surface area contributed by atoms with Gasteiger partial charge in [-0.05, 0) is 17.7 Å². The van der Waals surface area contributed by atoms with Crippen molar-refractivity contribution in [1.29, 1.82) is 0 Å². The van der Waals surface area contributed by atoms with E-state index in [0.29, 0.717) is 23.6 Å². The predicted molar refractivity (Wildman–Crippen MR) is 151 cm³/mol. The molecule has 3 heterocycles. The Kier molecular flexibility index (Phi) is 7.27. The smallest absolute Gasteiger partial charge is 0.278 e. The highest BCUT2D eigenvalue weighted by Gasteiger charge is 2.48. The number of aliphatic hydroxyl groups excluding tert-OH is 1. The lowest BCUT2D eigenvalue weighted by Crippen LogP contribution is -2.41. The molecule has 41 heavy (non-hydrogen) atoms. The summed E-state index contributed by atoms with van der Waals surface area (Å²) in [5.74, 6) is 1.25. The zero-order valence-electron chi connectivity index (χ0n) is 22.6. The second kappa shape index (κ2) is 11.2. The van der Waals surface area contributed by atoms with Crippen molar-refractivity contribution in [3.63, 3.8) is 0 Å². The lowest BCUT2D eigenvalue weighted by molar-refractivity contribution is -0.0997. The number of hydrogen-bond donors (Lipinski definition) is 2. The molecule has 0 spiro atoms. The lowest BCUT2D eigenvalue weighted by Gasteiger charge is -2.40. The van der Waals surface area contributed by atoms with Gasteiger partial charge in [0, 0.05) is 17.5 Å². The largest absolute Gasteiger partial charge is 0.496 e. The van der Waals surface area contributed by atoms with Gasteiger partial charge in [0.2, 0.25) is 0 Å². The Labute approximate surface area is 236 Å². The summed E-state index contributed by atoms with van der Waals surface area (Å²) in [6.45, 7) is -0.287. The zero-order valence-corrected chi connectivity index (χ0v) is 22.6. The molecule has 2 N–H and O–H groups in total. The molecule has 10 nitrogen and oxygen atoms in total. The van der Waals surface area contributed by atoms with Crippen LogP contribution in [0, 0.1) is 0 Å². The molecule has 0 bridgehead atoms. The summed E-state index contributed by atoms with van der Waals surface area (Å²) >= 11 is 0. The maximum absolute atomic E-state index is 12.3. The zero-order chi connectivity index (χ0) is 28.4. The summed E-state index contributed by atoms with van der Waals surface area (Å²) in [5.41, 5.74) is 1.41. The van der Waals surface area contributed by atoms with Crippen LogP contribution in [0.3, 0.4) is 0 Å². The Morgan fingerprint density at radius 3 is 2.22 bits per heavy atom. The minimum atomic E-state index is -1.22. The van der Waals surface area contributed by atoms with E-state index in [1.165, 1.54) is 12.7 Å². The molecule has 0 saturated carbocycles. The number of nitrogens with zero attached hydrogens (tertiary/aromatic N) is 3. The van der Waals surface area contributed by atoms with Crippen molar-refractivity contribution in [2.24, 2.45) is 0 Å². The molecule has 1 fully saturated rings. The third kappa shape index (κ3) is 4.55. The number of aliphatic hydroxyl groups is 1. The molecule has 2 aromatic heterocycles. The second-order valence-electron chi connectivity index (χ2n) is 9.71. The number of para-hydroxylation sites is 2. The van der Waals surface area contributed by atoms with Gasteiger partial charge in [-0.25, -0.2) is 9.97 Å². The maximum atomic E-state index is 12.3. The first kappa shape index (κ1) is 26.7. The molecule has 0 amide bonds. The van der Waals surface area contributed by atoms with Crippen LogP contribution < -0.4 is 15.0 Å². The fourth-order valence-corrected chi connectivity index (χ4v) is 5.65. The number of methoxy groups -OCH3 is 2. The summed E-state index contributed by atoms with van der Waals surface area (Å²) in [6, 6.07) is 25.3. The topological polar surface area (TPSA) is 121 Å². The molecule has 0 radical (unpaired) electrons. The van der Waals surface area contributed by atoms with Crippen LogP contribution >= 0.6 is 0 Å². The average Bonchev–Trinajstić information content (AvgIpc) is 3.65. The highest BCUT2D eigenvalue weighted by molar-refractivity contribution is 5.68. The van der Waals surface area contributed by atoms with E-state index in [0.717, 1.165) is 16.7 Å². The van der Waals surface area contributed by atoms with E-state index in [4.69, 9.17) is 18.9 Å². The molecule has 0 unspecified atom stereocenters. The minimum absolute atomic E-state index is 0.211. The van der Waals surface area contributed by atoms with Crippen molar-refractivity contribution in [2.45, 2.75) is 30.5 Å². The number of nitrogens with one attached hydrogen (secondary N) is 1. The van der Waals surface area contributed by atoms with Crippen LogP contribution in [0.15, 0.2) is 96.3 Å². The molecule has 0 aliphatic carbocycles. The van der Waals surface area contributed by atoms with E-state index in [-0.39, 0.29) is 17.7 Å². The molecule has 10 heteroatoms.